The molecule has 0 unspecified atom stereocenters. The van der Waals surface area contributed by atoms with Gasteiger partial charge in [0.25, 0.3) is 0 Å². The van der Waals surface area contributed by atoms with Crippen LogP contribution in [0.2, 0.25) is 0 Å². The summed E-state index contributed by atoms with van der Waals surface area (Å²) in [5.41, 5.74) is 1.75. The second-order valence-corrected chi connectivity index (χ2v) is 1.32. The van der Waals surface area contributed by atoms with Gasteiger partial charge in [-0.15, -0.1) is 0 Å². The smallest absolute Gasteiger partial charge is 0.870 e. The molecule has 0 saturated carbocycles. The molecule has 0 aliphatic carbocycles. The third-order valence-electron chi connectivity index (χ3n) is 0.455. The van der Waals surface area contributed by atoms with Crippen LogP contribution in [0.15, 0.2) is 17.4 Å². The Hall–Kier alpha value is -0.200. The Morgan fingerprint density at radius 2 is 2.09 bits per heavy atom. The Balaban J connectivity index is -0.000000101. The average Bonchev–Trinajstić information content (AvgIpc) is 2.11. The van der Waals surface area contributed by atoms with Crippen LogP contribution >= 0.6 is 0 Å². The van der Waals surface area contributed by atoms with Crippen molar-refractivity contribution in [2.45, 2.75) is 6.92 Å². The van der Waals surface area contributed by atoms with Crippen LogP contribution in [0.5, 0.6) is 0 Å². The van der Waals surface area contributed by atoms with Crippen LogP contribution in [0.3, 0.4) is 0 Å². The number of hydrogen-bond donors (Lipinski definition) is 1. The molecule has 1 aliphatic heterocycles. The summed E-state index contributed by atoms with van der Waals surface area (Å²) in [6, 6.07) is 0. The summed E-state index contributed by atoms with van der Waals surface area (Å²) in [4.78, 5) is 8.89. The van der Waals surface area contributed by atoms with E-state index in [0.717, 1.165) is 6.92 Å². The predicted molar refractivity (Wildman–Crippen MR) is 32.2 cm³/mol. The molecule has 6 heteroatoms. The summed E-state index contributed by atoms with van der Waals surface area (Å²) in [5.74, 6) is -1.08. The maximum absolute atomic E-state index is 8.89. The predicted octanol–water partition coefficient (Wildman–Crippen LogP) is -5.35. The molecule has 0 amide bonds. The summed E-state index contributed by atoms with van der Waals surface area (Å²) in [5, 5.41) is 12.6. The van der Waals surface area contributed by atoms with Gasteiger partial charge in [0, 0.05) is 12.0 Å². The minimum Gasteiger partial charge on any atom is -0.870 e. The van der Waals surface area contributed by atoms with Crippen molar-refractivity contribution < 1.29 is 50.4 Å². The number of rotatable bonds is 0. The Kier molecular flexibility index (Phi) is 19.3. The zero-order valence-electron chi connectivity index (χ0n) is 6.52. The van der Waals surface area contributed by atoms with E-state index in [9.17, 15) is 0 Å². The van der Waals surface area contributed by atoms with Crippen LogP contribution < -0.4 is 40.1 Å². The van der Waals surface area contributed by atoms with Crippen molar-refractivity contribution in [3.63, 3.8) is 0 Å². The third-order valence-corrected chi connectivity index (χ3v) is 0.455. The van der Waals surface area contributed by atoms with Gasteiger partial charge < -0.3 is 15.4 Å². The number of aliphatic carboxylic acids is 1. The first-order chi connectivity index (χ1) is 4.23. The van der Waals surface area contributed by atoms with Gasteiger partial charge in [-0.25, -0.2) is 0 Å². The molecule has 0 bridgehead atoms. The van der Waals surface area contributed by atoms with E-state index in [0.29, 0.717) is 0 Å². The number of nitrogens with two attached hydrogens (primary N) is 1. The molecule has 1 rings (SSSR count). The molecule has 0 radical (unpaired) electrons. The first-order valence-electron chi connectivity index (χ1n) is 2.42. The first kappa shape index (κ1) is 17.0. The number of nitrogens with zero attached hydrogens (tertiary/aromatic N) is 1. The number of carboxylic acids is 1. The SMILES string of the molecule is C1=C[NH2+]N=C1.CC(=O)[O-].[Na+].[OH-]. The molecule has 0 fully saturated rings. The number of hydrogen-bond acceptors (Lipinski definition) is 4. The molecule has 0 aromatic carbocycles. The van der Waals surface area contributed by atoms with E-state index in [-0.39, 0.29) is 35.0 Å². The summed E-state index contributed by atoms with van der Waals surface area (Å²) in [7, 11) is 0. The maximum Gasteiger partial charge on any atom is 1.00 e. The second kappa shape index (κ2) is 12.5. The van der Waals surface area contributed by atoms with E-state index in [2.05, 4.69) is 5.10 Å². The summed E-state index contributed by atoms with van der Waals surface area (Å²) in [6.45, 7) is 0.972. The van der Waals surface area contributed by atoms with Crippen LogP contribution in [-0.4, -0.2) is 17.7 Å². The molecule has 0 saturated heterocycles. The number of carboxylic acid groups (broad SMARTS) is 1. The Morgan fingerprint density at radius 3 is 2.18 bits per heavy atom. The zero-order chi connectivity index (χ0) is 7.11. The molecule has 58 valence electrons. The molecule has 1 aliphatic rings. The van der Waals surface area contributed by atoms with E-state index in [1.165, 1.54) is 0 Å². The molecule has 5 nitrogen and oxygen atoms in total. The van der Waals surface area contributed by atoms with Crippen LogP contribution in [0.1, 0.15) is 6.92 Å². The van der Waals surface area contributed by atoms with E-state index >= 15 is 0 Å². The molecule has 0 atom stereocenters. The van der Waals surface area contributed by atoms with Gasteiger partial charge in [-0.2, -0.15) is 5.43 Å². The van der Waals surface area contributed by atoms with Gasteiger partial charge in [-0.3, -0.25) is 0 Å². The van der Waals surface area contributed by atoms with Gasteiger partial charge in [0.15, 0.2) is 0 Å². The van der Waals surface area contributed by atoms with E-state index in [1.54, 1.807) is 11.6 Å². The van der Waals surface area contributed by atoms with E-state index in [4.69, 9.17) is 9.90 Å². The van der Waals surface area contributed by atoms with Crippen molar-refractivity contribution in [3.8, 4) is 0 Å². The summed E-state index contributed by atoms with van der Waals surface area (Å²) < 4.78 is 0. The molecule has 1 heterocycles. The van der Waals surface area contributed by atoms with Gasteiger partial charge in [0.2, 0.25) is 0 Å². The minimum atomic E-state index is -1.08. The zero-order valence-corrected chi connectivity index (χ0v) is 8.52. The Bertz CT molecular complexity index is 133. The topological polar surface area (TPSA) is 99.1 Å². The van der Waals surface area contributed by atoms with Crippen molar-refractivity contribution in [3.05, 3.63) is 12.3 Å². The molecule has 3 N–H and O–H groups in total. The van der Waals surface area contributed by atoms with Gasteiger partial charge in [-0.1, -0.05) is 5.10 Å². The molecule has 0 spiro atoms. The maximum atomic E-state index is 8.89. The fourth-order valence-corrected chi connectivity index (χ4v) is 0.248. The van der Waals surface area contributed by atoms with Crippen LogP contribution in [0.25, 0.3) is 0 Å². The van der Waals surface area contributed by atoms with Crippen molar-refractivity contribution >= 4 is 12.2 Å². The summed E-state index contributed by atoms with van der Waals surface area (Å²) in [6.07, 6.45) is 5.53. The molecule has 11 heavy (non-hydrogen) atoms. The standard InChI is InChI=1S/C3H4N2.C2H4O2.Na.H2O/c1-2-4-5-3-1;1-2(3)4;;/h1-3H,(H,4,5);1H3,(H,3,4);;1H2/q;;+1;/p-1. The number of quaternary nitrogens is 1. The van der Waals surface area contributed by atoms with Gasteiger partial charge in [0.1, 0.15) is 6.20 Å². The second-order valence-electron chi connectivity index (χ2n) is 1.32. The average molecular weight is 168 g/mol. The van der Waals surface area contributed by atoms with Crippen molar-refractivity contribution in [2.75, 3.05) is 0 Å². The van der Waals surface area contributed by atoms with E-state index < -0.39 is 5.97 Å². The third kappa shape index (κ3) is 25.9. The number of carbonyl (C=O) groups is 1. The Morgan fingerprint density at radius 1 is 1.64 bits per heavy atom. The quantitative estimate of drug-likeness (QED) is 0.288. The monoisotopic (exact) mass is 168 g/mol. The first-order valence-corrected chi connectivity index (χ1v) is 2.42. The van der Waals surface area contributed by atoms with Crippen LogP contribution in [0, 0.1) is 0 Å². The van der Waals surface area contributed by atoms with E-state index in [1.807, 2.05) is 12.3 Å². The minimum absolute atomic E-state index is 0. The van der Waals surface area contributed by atoms with Crippen molar-refractivity contribution in [2.24, 2.45) is 5.10 Å². The largest absolute Gasteiger partial charge is 1.00 e. The van der Waals surface area contributed by atoms with Gasteiger partial charge >= 0.3 is 29.6 Å². The number of allylic oxidation sites excluding steroid dienone is 1. The fraction of sp³-hybridized carbons (Fsp3) is 0.200. The molecular formula is C5H9N2NaO3. The van der Waals surface area contributed by atoms with Crippen LogP contribution in [0.4, 0.5) is 0 Å². The van der Waals surface area contributed by atoms with Gasteiger partial charge in [0.05, 0.1) is 6.21 Å². The van der Waals surface area contributed by atoms with Crippen LogP contribution in [-0.2, 0) is 4.79 Å². The van der Waals surface area contributed by atoms with Crippen molar-refractivity contribution in [1.29, 1.82) is 0 Å². The normalized spacial score (nSPS) is 10.3. The van der Waals surface area contributed by atoms with Gasteiger partial charge in [-0.05, 0) is 6.92 Å². The number of carbonyl (C=O) groups excluding carboxylic acids is 1. The Labute approximate surface area is 86.8 Å². The molecule has 0 aromatic heterocycles. The molecule has 0 aromatic rings. The molecular weight excluding hydrogens is 159 g/mol. The summed E-state index contributed by atoms with van der Waals surface area (Å²) >= 11 is 0. The fourth-order valence-electron chi connectivity index (χ4n) is 0.248. The van der Waals surface area contributed by atoms with Crippen molar-refractivity contribution in [1.82, 2.24) is 0 Å².